The van der Waals surface area contributed by atoms with Gasteiger partial charge in [-0.1, -0.05) is 43.7 Å². The van der Waals surface area contributed by atoms with Crippen molar-refractivity contribution < 1.29 is 9.53 Å². The summed E-state index contributed by atoms with van der Waals surface area (Å²) in [5.74, 6) is 1.65. The number of hydrogen-bond donors (Lipinski definition) is 3. The predicted molar refractivity (Wildman–Crippen MR) is 125 cm³/mol. The molecule has 28 heavy (non-hydrogen) atoms. The molecule has 3 N–H and O–H groups in total. The van der Waals surface area contributed by atoms with E-state index in [0.717, 1.165) is 38.3 Å². The van der Waals surface area contributed by atoms with Gasteiger partial charge in [-0.15, -0.1) is 24.0 Å². The van der Waals surface area contributed by atoms with Gasteiger partial charge in [0.25, 0.3) is 0 Å². The van der Waals surface area contributed by atoms with Crippen LogP contribution in [0.1, 0.15) is 38.2 Å². The lowest BCUT2D eigenvalue weighted by atomic mass is 9.85. The minimum Gasteiger partial charge on any atom is -0.376 e. The largest absolute Gasteiger partial charge is 0.376 e. The fourth-order valence-corrected chi connectivity index (χ4v) is 2.82. The van der Waals surface area contributed by atoms with Gasteiger partial charge in [-0.25, -0.2) is 0 Å². The van der Waals surface area contributed by atoms with Crippen LogP contribution < -0.4 is 16.0 Å². The molecule has 6 nitrogen and oxygen atoms in total. The van der Waals surface area contributed by atoms with Crippen molar-refractivity contribution >= 4 is 35.8 Å². The maximum Gasteiger partial charge on any atom is 0.223 e. The van der Waals surface area contributed by atoms with Gasteiger partial charge in [-0.2, -0.15) is 0 Å². The molecule has 1 amide bonds. The van der Waals surface area contributed by atoms with Crippen LogP contribution in [0.4, 0.5) is 0 Å². The number of carbonyl (C=O) groups excluding carboxylic acids is 1. The topological polar surface area (TPSA) is 74.8 Å². The standard InChI is InChI=1S/C21H34N4O2.HI/c1-17(15-27-16-18-8-4-3-5-9-18)14-25-21(22-2)24-13-7-12-23-20(26)19-10-6-11-19;/h3-5,8-9,17,19H,6-7,10-16H2,1-2H3,(H,23,26)(H2,22,24,25);1H. The van der Waals surface area contributed by atoms with Crippen LogP contribution in [0.15, 0.2) is 35.3 Å². The smallest absolute Gasteiger partial charge is 0.223 e. The highest BCUT2D eigenvalue weighted by molar-refractivity contribution is 14.0. The van der Waals surface area contributed by atoms with Crippen molar-refractivity contribution in [3.05, 3.63) is 35.9 Å². The van der Waals surface area contributed by atoms with Crippen molar-refractivity contribution in [1.29, 1.82) is 0 Å². The van der Waals surface area contributed by atoms with Gasteiger partial charge in [-0.3, -0.25) is 9.79 Å². The maximum atomic E-state index is 11.8. The Morgan fingerprint density at radius 2 is 1.89 bits per heavy atom. The Balaban J connectivity index is 0.00000392. The lowest BCUT2D eigenvalue weighted by molar-refractivity contribution is -0.127. The molecule has 1 saturated carbocycles. The summed E-state index contributed by atoms with van der Waals surface area (Å²) in [6.07, 6.45) is 4.17. The van der Waals surface area contributed by atoms with E-state index in [-0.39, 0.29) is 35.8 Å². The van der Waals surface area contributed by atoms with Gasteiger partial charge in [0, 0.05) is 32.6 Å². The number of nitrogens with one attached hydrogen (secondary N) is 3. The molecule has 1 aliphatic carbocycles. The average Bonchev–Trinajstić information content (AvgIpc) is 2.63. The second kappa shape index (κ2) is 14.6. The summed E-state index contributed by atoms with van der Waals surface area (Å²) in [5, 5.41) is 9.62. The molecule has 1 aliphatic rings. The second-order valence-electron chi connectivity index (χ2n) is 7.26. The summed E-state index contributed by atoms with van der Waals surface area (Å²) in [7, 11) is 1.77. The van der Waals surface area contributed by atoms with Crippen molar-refractivity contribution in [2.45, 2.75) is 39.2 Å². The first-order valence-electron chi connectivity index (χ1n) is 10.0. The van der Waals surface area contributed by atoms with Crippen LogP contribution >= 0.6 is 24.0 Å². The van der Waals surface area contributed by atoms with Crippen molar-refractivity contribution in [2.75, 3.05) is 33.3 Å². The number of hydrogen-bond acceptors (Lipinski definition) is 3. The van der Waals surface area contributed by atoms with E-state index in [4.69, 9.17) is 4.74 Å². The van der Waals surface area contributed by atoms with Gasteiger partial charge in [0.15, 0.2) is 5.96 Å². The molecule has 0 heterocycles. The molecule has 2 rings (SSSR count). The Morgan fingerprint density at radius 3 is 2.54 bits per heavy atom. The predicted octanol–water partition coefficient (Wildman–Crippen LogP) is 2.93. The number of benzene rings is 1. The van der Waals surface area contributed by atoms with Crippen molar-refractivity contribution in [1.82, 2.24) is 16.0 Å². The SMILES string of the molecule is CN=C(NCCCNC(=O)C1CCC1)NCC(C)COCc1ccccc1.I. The average molecular weight is 502 g/mol. The summed E-state index contributed by atoms with van der Waals surface area (Å²) in [6.45, 7) is 5.79. The van der Waals surface area contributed by atoms with Gasteiger partial charge in [0.1, 0.15) is 0 Å². The van der Waals surface area contributed by atoms with Crippen LogP contribution in [0.2, 0.25) is 0 Å². The minimum atomic E-state index is 0. The molecule has 1 atom stereocenters. The molecule has 0 bridgehead atoms. The van der Waals surface area contributed by atoms with Gasteiger partial charge in [0.05, 0.1) is 13.2 Å². The monoisotopic (exact) mass is 502 g/mol. The van der Waals surface area contributed by atoms with E-state index in [1.54, 1.807) is 7.05 Å². The number of carbonyl (C=O) groups is 1. The molecule has 1 unspecified atom stereocenters. The number of ether oxygens (including phenoxy) is 1. The highest BCUT2D eigenvalue weighted by atomic mass is 127. The summed E-state index contributed by atoms with van der Waals surface area (Å²) < 4.78 is 5.78. The van der Waals surface area contributed by atoms with E-state index in [1.807, 2.05) is 18.2 Å². The lowest BCUT2D eigenvalue weighted by Gasteiger charge is -2.24. The Kier molecular flexibility index (Phi) is 12.9. The number of guanidine groups is 1. The molecule has 1 fully saturated rings. The molecular formula is C21H35IN4O2. The Hall–Kier alpha value is -1.35. The first-order chi connectivity index (χ1) is 13.2. The number of amides is 1. The zero-order valence-corrected chi connectivity index (χ0v) is 19.4. The summed E-state index contributed by atoms with van der Waals surface area (Å²) in [5.41, 5.74) is 1.19. The molecule has 158 valence electrons. The zero-order valence-electron chi connectivity index (χ0n) is 17.1. The highest BCUT2D eigenvalue weighted by Crippen LogP contribution is 2.25. The van der Waals surface area contributed by atoms with Crippen LogP contribution in [0.5, 0.6) is 0 Å². The third-order valence-corrected chi connectivity index (χ3v) is 4.78. The van der Waals surface area contributed by atoms with Crippen LogP contribution in [-0.2, 0) is 16.1 Å². The van der Waals surface area contributed by atoms with Crippen molar-refractivity contribution in [3.63, 3.8) is 0 Å². The third-order valence-electron chi connectivity index (χ3n) is 4.78. The summed E-state index contributed by atoms with van der Waals surface area (Å²) >= 11 is 0. The fraction of sp³-hybridized carbons (Fsp3) is 0.619. The van der Waals surface area contributed by atoms with Crippen LogP contribution in [0.25, 0.3) is 0 Å². The molecule has 1 aromatic rings. The highest BCUT2D eigenvalue weighted by Gasteiger charge is 2.24. The van der Waals surface area contributed by atoms with E-state index < -0.39 is 0 Å². The van der Waals surface area contributed by atoms with E-state index >= 15 is 0 Å². The number of rotatable bonds is 11. The van der Waals surface area contributed by atoms with E-state index in [1.165, 1.54) is 12.0 Å². The quantitative estimate of drug-likeness (QED) is 0.188. The lowest BCUT2D eigenvalue weighted by Crippen LogP contribution is -2.41. The Morgan fingerprint density at radius 1 is 1.18 bits per heavy atom. The maximum absolute atomic E-state index is 11.8. The second-order valence-corrected chi connectivity index (χ2v) is 7.26. The molecule has 0 aliphatic heterocycles. The van der Waals surface area contributed by atoms with E-state index in [9.17, 15) is 4.79 Å². The van der Waals surface area contributed by atoms with Crippen molar-refractivity contribution in [2.24, 2.45) is 16.8 Å². The van der Waals surface area contributed by atoms with Crippen LogP contribution in [-0.4, -0.2) is 45.2 Å². The Labute approximate surface area is 186 Å². The molecular weight excluding hydrogens is 467 g/mol. The van der Waals surface area contributed by atoms with Crippen LogP contribution in [0, 0.1) is 11.8 Å². The zero-order chi connectivity index (χ0) is 19.3. The molecule has 1 aromatic carbocycles. The minimum absolute atomic E-state index is 0. The number of aliphatic imine (C=N–C) groups is 1. The molecule has 0 aromatic heterocycles. The molecule has 0 spiro atoms. The molecule has 7 heteroatoms. The summed E-state index contributed by atoms with van der Waals surface area (Å²) in [4.78, 5) is 16.0. The molecule has 0 saturated heterocycles. The van der Waals surface area contributed by atoms with Gasteiger partial charge in [0.2, 0.25) is 5.91 Å². The van der Waals surface area contributed by atoms with Crippen LogP contribution in [0.3, 0.4) is 0 Å². The first kappa shape index (κ1) is 24.7. The van der Waals surface area contributed by atoms with Gasteiger partial charge in [-0.05, 0) is 30.7 Å². The fourth-order valence-electron chi connectivity index (χ4n) is 2.82. The Bertz CT molecular complexity index is 579. The van der Waals surface area contributed by atoms with E-state index in [0.29, 0.717) is 25.7 Å². The first-order valence-corrected chi connectivity index (χ1v) is 10.0. The number of halogens is 1. The van der Waals surface area contributed by atoms with E-state index in [2.05, 4.69) is 40.0 Å². The molecule has 0 radical (unpaired) electrons. The van der Waals surface area contributed by atoms with Gasteiger partial charge < -0.3 is 20.7 Å². The third kappa shape index (κ3) is 9.73. The summed E-state index contributed by atoms with van der Waals surface area (Å²) in [6, 6.07) is 10.2. The normalized spacial score (nSPS) is 15.1. The van der Waals surface area contributed by atoms with Crippen molar-refractivity contribution in [3.8, 4) is 0 Å². The van der Waals surface area contributed by atoms with Gasteiger partial charge >= 0.3 is 0 Å². The number of nitrogens with zero attached hydrogens (tertiary/aromatic N) is 1.